The minimum atomic E-state index is -0.648. The predicted octanol–water partition coefficient (Wildman–Crippen LogP) is 2.89. The standard InChI is InChI=1S/C17H20NO3/c1-17(2,3)18(21)16(12-7-5-4-6-8-12)14-11-13(19)9-10-15(14)20/h4-10,14,16H,11H2,1-3H3. The smallest absolute Gasteiger partial charge is 0.161 e. The summed E-state index contributed by atoms with van der Waals surface area (Å²) in [6.07, 6.45) is 2.68. The Kier molecular flexibility index (Phi) is 4.40. The van der Waals surface area contributed by atoms with Gasteiger partial charge in [0.2, 0.25) is 0 Å². The highest BCUT2D eigenvalue weighted by Crippen LogP contribution is 2.36. The number of hydroxylamine groups is 2. The molecule has 0 bridgehead atoms. The van der Waals surface area contributed by atoms with Crippen LogP contribution >= 0.6 is 0 Å². The van der Waals surface area contributed by atoms with Crippen molar-refractivity contribution in [3.05, 3.63) is 48.0 Å². The van der Waals surface area contributed by atoms with Crippen molar-refractivity contribution < 1.29 is 14.8 Å². The van der Waals surface area contributed by atoms with Crippen molar-refractivity contribution in [3.8, 4) is 0 Å². The van der Waals surface area contributed by atoms with Crippen LogP contribution in [0.1, 0.15) is 38.8 Å². The fraction of sp³-hybridized carbons (Fsp3) is 0.412. The summed E-state index contributed by atoms with van der Waals surface area (Å²) < 4.78 is 0. The van der Waals surface area contributed by atoms with Crippen LogP contribution in [0.15, 0.2) is 42.5 Å². The van der Waals surface area contributed by atoms with Crippen LogP contribution in [0.2, 0.25) is 0 Å². The Labute approximate surface area is 125 Å². The fourth-order valence-corrected chi connectivity index (χ4v) is 2.55. The van der Waals surface area contributed by atoms with Crippen LogP contribution in [-0.4, -0.2) is 22.2 Å². The molecular formula is C17H20NO3. The monoisotopic (exact) mass is 286 g/mol. The first-order chi connectivity index (χ1) is 9.80. The highest BCUT2D eigenvalue weighted by molar-refractivity contribution is 6.06. The molecule has 21 heavy (non-hydrogen) atoms. The van der Waals surface area contributed by atoms with E-state index in [0.29, 0.717) is 0 Å². The van der Waals surface area contributed by atoms with Crippen molar-refractivity contribution in [1.82, 2.24) is 5.06 Å². The summed E-state index contributed by atoms with van der Waals surface area (Å²) in [5.74, 6) is -0.891. The Bertz CT molecular complexity index is 557. The van der Waals surface area contributed by atoms with Gasteiger partial charge in [-0.15, -0.1) is 10.3 Å². The molecule has 1 aliphatic rings. The van der Waals surface area contributed by atoms with Gasteiger partial charge in [0, 0.05) is 12.0 Å². The summed E-state index contributed by atoms with van der Waals surface area (Å²) in [6, 6.07) is 8.55. The molecule has 0 fully saturated rings. The van der Waals surface area contributed by atoms with Gasteiger partial charge in [-0.3, -0.25) is 9.59 Å². The van der Waals surface area contributed by atoms with Gasteiger partial charge in [-0.05, 0) is 38.5 Å². The lowest BCUT2D eigenvalue weighted by molar-refractivity contribution is -0.250. The maximum atomic E-state index is 12.7. The average molecular weight is 286 g/mol. The molecule has 2 unspecified atom stereocenters. The SMILES string of the molecule is CC(C)(C)N([O])C(c1ccccc1)C1CC(=O)C=CC1=O. The topological polar surface area (TPSA) is 57.3 Å². The van der Waals surface area contributed by atoms with Gasteiger partial charge in [0.1, 0.15) is 0 Å². The van der Waals surface area contributed by atoms with Crippen LogP contribution in [0.4, 0.5) is 0 Å². The molecule has 111 valence electrons. The van der Waals surface area contributed by atoms with Gasteiger partial charge in [0.15, 0.2) is 11.6 Å². The third-order valence-electron chi connectivity index (χ3n) is 3.66. The first-order valence-corrected chi connectivity index (χ1v) is 7.07. The molecule has 0 saturated carbocycles. The van der Waals surface area contributed by atoms with Gasteiger partial charge >= 0.3 is 0 Å². The molecule has 1 aromatic rings. The third kappa shape index (κ3) is 3.46. The minimum absolute atomic E-state index is 0.0870. The molecule has 1 aromatic carbocycles. The molecule has 2 rings (SSSR count). The predicted molar refractivity (Wildman–Crippen MR) is 78.7 cm³/mol. The van der Waals surface area contributed by atoms with E-state index in [2.05, 4.69) is 0 Å². The van der Waals surface area contributed by atoms with Crippen LogP contribution < -0.4 is 0 Å². The summed E-state index contributed by atoms with van der Waals surface area (Å²) in [5.41, 5.74) is 0.120. The van der Waals surface area contributed by atoms with Crippen molar-refractivity contribution in [3.63, 3.8) is 0 Å². The van der Waals surface area contributed by atoms with E-state index in [-0.39, 0.29) is 18.0 Å². The van der Waals surface area contributed by atoms with E-state index in [0.717, 1.165) is 10.6 Å². The zero-order valence-electron chi connectivity index (χ0n) is 12.6. The first kappa shape index (κ1) is 15.6. The number of rotatable bonds is 3. The Hall–Kier alpha value is -1.78. The van der Waals surface area contributed by atoms with Gasteiger partial charge < -0.3 is 0 Å². The number of carbonyl (C=O) groups excluding carboxylic acids is 2. The second-order valence-corrected chi connectivity index (χ2v) is 6.36. The van der Waals surface area contributed by atoms with Gasteiger partial charge in [-0.1, -0.05) is 30.3 Å². The molecule has 0 saturated heterocycles. The van der Waals surface area contributed by atoms with E-state index in [1.165, 1.54) is 12.2 Å². The fourth-order valence-electron chi connectivity index (χ4n) is 2.55. The number of benzene rings is 1. The summed E-state index contributed by atoms with van der Waals surface area (Å²) in [5, 5.41) is 13.7. The zero-order valence-corrected chi connectivity index (χ0v) is 12.6. The second-order valence-electron chi connectivity index (χ2n) is 6.36. The Morgan fingerprint density at radius 2 is 1.71 bits per heavy atom. The van der Waals surface area contributed by atoms with E-state index in [4.69, 9.17) is 0 Å². The number of allylic oxidation sites excluding steroid dienone is 2. The molecular weight excluding hydrogens is 266 g/mol. The van der Waals surface area contributed by atoms with Crippen molar-refractivity contribution >= 4 is 11.6 Å². The molecule has 2 atom stereocenters. The molecule has 1 radical (unpaired) electrons. The average Bonchev–Trinajstić information content (AvgIpc) is 2.43. The molecule has 4 nitrogen and oxygen atoms in total. The summed E-state index contributed by atoms with van der Waals surface area (Å²) >= 11 is 0. The van der Waals surface area contributed by atoms with E-state index in [1.54, 1.807) is 20.8 Å². The number of carbonyl (C=O) groups is 2. The lowest BCUT2D eigenvalue weighted by Gasteiger charge is -2.38. The first-order valence-electron chi connectivity index (χ1n) is 7.07. The molecule has 0 amide bonds. The highest BCUT2D eigenvalue weighted by Gasteiger charge is 2.40. The molecule has 0 aromatic heterocycles. The van der Waals surface area contributed by atoms with Crippen LogP contribution in [0, 0.1) is 5.92 Å². The number of nitrogens with zero attached hydrogens (tertiary/aromatic N) is 1. The molecule has 0 N–H and O–H groups in total. The zero-order chi connectivity index (χ0) is 15.6. The van der Waals surface area contributed by atoms with Crippen molar-refractivity contribution in [2.24, 2.45) is 5.92 Å². The van der Waals surface area contributed by atoms with Gasteiger partial charge in [0.25, 0.3) is 0 Å². The molecule has 4 heteroatoms. The molecule has 1 aliphatic carbocycles. The normalized spacial score (nSPS) is 20.9. The Balaban J connectivity index is 2.44. The lowest BCUT2D eigenvalue weighted by atomic mass is 9.81. The van der Waals surface area contributed by atoms with Crippen LogP contribution in [0.25, 0.3) is 0 Å². The van der Waals surface area contributed by atoms with Crippen molar-refractivity contribution in [2.75, 3.05) is 0 Å². The molecule has 0 spiro atoms. The van der Waals surface area contributed by atoms with Gasteiger partial charge in [0.05, 0.1) is 12.0 Å². The van der Waals surface area contributed by atoms with E-state index in [1.807, 2.05) is 30.3 Å². The Morgan fingerprint density at radius 1 is 1.10 bits per heavy atom. The molecule has 0 heterocycles. The number of hydrogen-bond donors (Lipinski definition) is 0. The highest BCUT2D eigenvalue weighted by atomic mass is 16.5. The largest absolute Gasteiger partial charge is 0.295 e. The minimum Gasteiger partial charge on any atom is -0.295 e. The van der Waals surface area contributed by atoms with Gasteiger partial charge in [-0.2, -0.15) is 0 Å². The van der Waals surface area contributed by atoms with Crippen molar-refractivity contribution in [1.29, 1.82) is 0 Å². The van der Waals surface area contributed by atoms with E-state index >= 15 is 0 Å². The summed E-state index contributed by atoms with van der Waals surface area (Å²) in [4.78, 5) is 23.8. The Morgan fingerprint density at radius 3 is 2.29 bits per heavy atom. The summed E-state index contributed by atoms with van der Waals surface area (Å²) in [7, 11) is 0. The number of ketones is 2. The maximum absolute atomic E-state index is 12.7. The quantitative estimate of drug-likeness (QED) is 0.803. The van der Waals surface area contributed by atoms with E-state index < -0.39 is 17.5 Å². The molecule has 0 aliphatic heterocycles. The van der Waals surface area contributed by atoms with E-state index in [9.17, 15) is 14.8 Å². The van der Waals surface area contributed by atoms with Crippen molar-refractivity contribution in [2.45, 2.75) is 38.8 Å². The third-order valence-corrected chi connectivity index (χ3v) is 3.66. The maximum Gasteiger partial charge on any atom is 0.161 e. The lowest BCUT2D eigenvalue weighted by Crippen LogP contribution is -2.45. The van der Waals surface area contributed by atoms with Crippen LogP contribution in [0.5, 0.6) is 0 Å². The van der Waals surface area contributed by atoms with Gasteiger partial charge in [-0.25, -0.2) is 0 Å². The number of hydrogen-bond acceptors (Lipinski definition) is 3. The second kappa shape index (κ2) is 5.92. The van der Waals surface area contributed by atoms with Crippen LogP contribution in [0.3, 0.4) is 0 Å². The summed E-state index contributed by atoms with van der Waals surface area (Å²) in [6.45, 7) is 5.42. The van der Waals surface area contributed by atoms with Crippen LogP contribution in [-0.2, 0) is 14.8 Å².